The van der Waals surface area contributed by atoms with E-state index in [4.69, 9.17) is 14.2 Å². The fourth-order valence-corrected chi connectivity index (χ4v) is 14.7. The van der Waals surface area contributed by atoms with Crippen molar-refractivity contribution in [1.82, 2.24) is 29.2 Å². The minimum atomic E-state index is -0.765. The molecule has 4 saturated carbocycles. The van der Waals surface area contributed by atoms with E-state index in [0.29, 0.717) is 49.9 Å². The monoisotopic (exact) mass is 1260 g/mol. The average Bonchev–Trinajstić information content (AvgIpc) is 1.63. The van der Waals surface area contributed by atoms with Gasteiger partial charge in [0.1, 0.15) is 29.2 Å². The normalized spacial score (nSPS) is 22.7. The van der Waals surface area contributed by atoms with E-state index in [1.54, 1.807) is 56.3 Å². The van der Waals surface area contributed by atoms with Crippen LogP contribution in [0.4, 0.5) is 14.4 Å². The van der Waals surface area contributed by atoms with E-state index < -0.39 is 35.5 Å². The molecule has 4 aliphatic carbocycles. The van der Waals surface area contributed by atoms with E-state index in [2.05, 4.69) is 41.4 Å². The number of ketones is 1. The zero-order valence-electron chi connectivity index (χ0n) is 52.7. The molecule has 0 radical (unpaired) electrons. The number of carbonyl (C=O) groups excluding carboxylic acids is 6. The van der Waals surface area contributed by atoms with E-state index in [1.165, 1.54) is 28.4 Å². The molecule has 17 heteroatoms. The van der Waals surface area contributed by atoms with Crippen LogP contribution in [0.5, 0.6) is 0 Å². The summed E-state index contributed by atoms with van der Waals surface area (Å²) in [5.41, 5.74) is 4.28. The Kier molecular flexibility index (Phi) is 19.7. The van der Waals surface area contributed by atoms with E-state index in [0.717, 1.165) is 94.6 Å². The molecule has 484 valence electrons. The summed E-state index contributed by atoms with van der Waals surface area (Å²) in [6.45, 7) is 1.20. The molecule has 6 aromatic carbocycles. The summed E-state index contributed by atoms with van der Waals surface area (Å²) >= 11 is 0. The van der Waals surface area contributed by atoms with Gasteiger partial charge in [-0.3, -0.25) is 19.3 Å². The van der Waals surface area contributed by atoms with Gasteiger partial charge in [-0.1, -0.05) is 158 Å². The van der Waals surface area contributed by atoms with Gasteiger partial charge in [0, 0.05) is 68.8 Å². The van der Waals surface area contributed by atoms with Crippen molar-refractivity contribution in [3.8, 4) is 0 Å². The van der Waals surface area contributed by atoms with E-state index >= 15 is 0 Å². The summed E-state index contributed by atoms with van der Waals surface area (Å²) in [4.78, 5) is 87.4. The number of amides is 4. The van der Waals surface area contributed by atoms with Crippen molar-refractivity contribution in [2.24, 2.45) is 0 Å². The molecule has 4 aliphatic heterocycles. The molecule has 0 unspecified atom stereocenters. The summed E-state index contributed by atoms with van der Waals surface area (Å²) in [5.74, 6) is -0.340. The number of Topliss-reactive ketones (excluding diaryl/α,β-unsaturated/α-hetero) is 1. The topological polar surface area (TPSA) is 201 Å². The molecule has 93 heavy (non-hydrogen) atoms. The lowest BCUT2D eigenvalue weighted by atomic mass is 9.76. The standard InChI is InChI=1S/C25H28N2O4.C25H26N2O4.C15H16N2O2.C11H14O/c2*28-21-17-27(23(29)19-10-5-2-6-11-19)20-12-15-26(22(20)21)24(30)31-25(13-7-14-25)16-18-8-3-1-4-9-18;18-14(17-10-9-16-12-17)19-15(7-4-8-15)11-13-5-2-1-3-6-13;12-11(7-4-8-11)9-10-5-2-1-3-6-10/h1-6,8-11,20-22,28H,7,12-17H2;1-6,8-11,20,22H,7,12-17H2;1-3,5-6,9-10,12H,4,7-8,11H2;1-3,5-6,12H,4,7-9H2/t20-,21+,22+;20-,22+;;/m11../s1. The van der Waals surface area contributed by atoms with Crippen LogP contribution in [0.3, 0.4) is 0 Å². The Morgan fingerprint density at radius 3 is 1.26 bits per heavy atom. The highest BCUT2D eigenvalue weighted by Crippen LogP contribution is 2.44. The summed E-state index contributed by atoms with van der Waals surface area (Å²) in [6.07, 6.45) is 18.6. The Morgan fingerprint density at radius 2 is 0.849 bits per heavy atom. The van der Waals surface area contributed by atoms with Crippen molar-refractivity contribution in [2.45, 2.75) is 168 Å². The number of benzene rings is 6. The van der Waals surface area contributed by atoms with Crippen molar-refractivity contribution in [1.29, 1.82) is 0 Å². The predicted molar refractivity (Wildman–Crippen MR) is 350 cm³/mol. The van der Waals surface area contributed by atoms with Crippen molar-refractivity contribution in [3.63, 3.8) is 0 Å². The smallest absolute Gasteiger partial charge is 0.419 e. The Bertz CT molecular complexity index is 3640. The van der Waals surface area contributed by atoms with Crippen LogP contribution >= 0.6 is 0 Å². The molecule has 0 bridgehead atoms. The molecule has 15 rings (SSSR count). The highest BCUT2D eigenvalue weighted by atomic mass is 16.6. The summed E-state index contributed by atoms with van der Waals surface area (Å²) in [7, 11) is 0. The van der Waals surface area contributed by atoms with Gasteiger partial charge in [-0.15, -0.1) is 0 Å². The van der Waals surface area contributed by atoms with Gasteiger partial charge >= 0.3 is 18.3 Å². The molecule has 2 N–H and O–H groups in total. The Balaban J connectivity index is 0.000000126. The fraction of sp³-hybridized carbons (Fsp3) is 0.408. The Morgan fingerprint density at radius 1 is 0.462 bits per heavy atom. The summed E-state index contributed by atoms with van der Waals surface area (Å²) < 4.78 is 19.2. The molecule has 8 aliphatic rings. The van der Waals surface area contributed by atoms with Crippen LogP contribution in [0.25, 0.3) is 0 Å². The second-order valence-corrected chi connectivity index (χ2v) is 26.6. The maximum Gasteiger partial charge on any atom is 0.419 e. The Hall–Kier alpha value is -8.93. The Labute approximate surface area is 544 Å². The fourth-order valence-electron chi connectivity index (χ4n) is 14.7. The largest absolute Gasteiger partial charge is 0.442 e. The van der Waals surface area contributed by atoms with Crippen molar-refractivity contribution in [2.75, 3.05) is 26.2 Å². The average molecular weight is 1260 g/mol. The van der Waals surface area contributed by atoms with Crippen LogP contribution in [-0.4, -0.2) is 154 Å². The van der Waals surface area contributed by atoms with Crippen LogP contribution in [-0.2, 0) is 44.7 Å². The van der Waals surface area contributed by atoms with Crippen LogP contribution in [0.15, 0.2) is 201 Å². The molecular formula is C76H84N6O11. The predicted octanol–water partition coefficient (Wildman–Crippen LogP) is 11.9. The number of fused-ring (bicyclic) bond motifs is 2. The van der Waals surface area contributed by atoms with Crippen molar-refractivity contribution < 1.29 is 53.2 Å². The molecule has 4 saturated heterocycles. The third-order valence-electron chi connectivity index (χ3n) is 20.2. The molecule has 0 spiro atoms. The SMILES string of the molecule is O=C(OC1(Cc2ccccc2)CCC1)N1CC[C@@H]2[C@H]1[C@@H](O)CN2C(=O)c1ccccc1.O=C(OC1(Cc2ccccc2)CCC1)n1ccnc1.O=C1CN(C(=O)c2ccccc2)[C@@H]2CCN(C(=O)OC3(Cc4ccccc4)CCC3)[C@H]12.OC1(Cc2ccccc2)CCC1. The molecule has 17 nitrogen and oxygen atoms in total. The van der Waals surface area contributed by atoms with Gasteiger partial charge in [-0.25, -0.2) is 23.9 Å². The first-order chi connectivity index (χ1) is 45.2. The lowest BCUT2D eigenvalue weighted by molar-refractivity contribution is -0.121. The van der Waals surface area contributed by atoms with E-state index in [-0.39, 0.29) is 66.2 Å². The lowest BCUT2D eigenvalue weighted by Gasteiger charge is -2.42. The third-order valence-corrected chi connectivity index (χ3v) is 20.2. The molecule has 8 fully saturated rings. The van der Waals surface area contributed by atoms with Crippen LogP contribution in [0.1, 0.15) is 133 Å². The van der Waals surface area contributed by atoms with Gasteiger partial charge in [0.25, 0.3) is 11.8 Å². The van der Waals surface area contributed by atoms with Gasteiger partial charge in [0.2, 0.25) is 0 Å². The third kappa shape index (κ3) is 15.0. The molecule has 7 aromatic rings. The first kappa shape index (κ1) is 64.2. The van der Waals surface area contributed by atoms with Crippen molar-refractivity contribution in [3.05, 3.63) is 234 Å². The highest BCUT2D eigenvalue weighted by Gasteiger charge is 2.55. The van der Waals surface area contributed by atoms with Crippen molar-refractivity contribution >= 4 is 35.9 Å². The highest BCUT2D eigenvalue weighted by molar-refractivity contribution is 6.02. The second-order valence-electron chi connectivity index (χ2n) is 26.6. The van der Waals surface area contributed by atoms with E-state index in [1.807, 2.05) is 121 Å². The number of nitrogens with zero attached hydrogens (tertiary/aromatic N) is 6. The molecule has 5 heterocycles. The number of hydrogen-bond donors (Lipinski definition) is 2. The number of rotatable bonds is 13. The minimum absolute atomic E-state index is 0.0436. The van der Waals surface area contributed by atoms with Crippen LogP contribution < -0.4 is 0 Å². The number of β-amino-alcohol motifs (C(OH)–C–C–N with tert-alkyl or cyclic N) is 1. The number of likely N-dealkylation sites (tertiary alicyclic amines) is 4. The van der Waals surface area contributed by atoms with Gasteiger partial charge in [-0.2, -0.15) is 0 Å². The lowest BCUT2D eigenvalue weighted by Crippen LogP contribution is -2.51. The van der Waals surface area contributed by atoms with Gasteiger partial charge in [0.05, 0.1) is 36.4 Å². The number of aliphatic hydroxyl groups excluding tert-OH is 1. The summed E-state index contributed by atoms with van der Waals surface area (Å²) in [6, 6.07) is 57.2. The van der Waals surface area contributed by atoms with Crippen LogP contribution in [0.2, 0.25) is 0 Å². The summed E-state index contributed by atoms with van der Waals surface area (Å²) in [5, 5.41) is 20.6. The second kappa shape index (κ2) is 28.5. The number of hydrogen-bond acceptors (Lipinski definition) is 12. The molecule has 4 amide bonds. The van der Waals surface area contributed by atoms with Gasteiger partial charge < -0.3 is 39.1 Å². The van der Waals surface area contributed by atoms with Gasteiger partial charge in [0.15, 0.2) is 5.78 Å². The maximum atomic E-state index is 13.2. The number of aliphatic hydroxyl groups is 2. The zero-order valence-corrected chi connectivity index (χ0v) is 52.7. The molecule has 5 atom stereocenters. The van der Waals surface area contributed by atoms with Gasteiger partial charge in [-0.05, 0) is 136 Å². The van der Waals surface area contributed by atoms with E-state index in [9.17, 15) is 39.0 Å². The number of imidazole rings is 1. The number of ether oxygens (including phenoxy) is 3. The maximum absolute atomic E-state index is 13.2. The molecule has 1 aromatic heterocycles. The minimum Gasteiger partial charge on any atom is -0.442 e. The molecular weight excluding hydrogens is 1170 g/mol. The number of aromatic nitrogens is 2. The quantitative estimate of drug-likeness (QED) is 0.104. The first-order valence-corrected chi connectivity index (χ1v) is 33.2. The van der Waals surface area contributed by atoms with Crippen LogP contribution in [0, 0.1) is 0 Å². The zero-order chi connectivity index (χ0) is 64.4. The number of carbonyl (C=O) groups is 6. The first-order valence-electron chi connectivity index (χ1n) is 33.2.